The minimum absolute atomic E-state index is 0.0579. The maximum absolute atomic E-state index is 11.5. The van der Waals surface area contributed by atoms with Gasteiger partial charge in [0.25, 0.3) is 0 Å². The standard InChI is InChI=1S/C38H52N2O8/c1-39-11-9-21-3-4-25(19-41)27(13-21)28-15-23(6-8-31(28)43)24-5-7-26-32(44)17-34(48-33(26)16-24)35-29(14-22-10-12-40-18-22)38(47-2)37(46)36(45)30(35)20-42/h6,8,10,12,15,18,21,24-27,32-34,39-46H,3-5,7,9,11,13-14,16-17,19-20H2,1-2H3/t21-,24+,25-,26+,27-,32-,33-,34-/m0/s1. The summed E-state index contributed by atoms with van der Waals surface area (Å²) in [7, 11) is 3.40. The van der Waals surface area contributed by atoms with Crippen molar-refractivity contribution in [3.63, 3.8) is 0 Å². The molecule has 0 radical (unpaired) electrons. The van der Waals surface area contributed by atoms with Crippen molar-refractivity contribution in [3.8, 4) is 23.0 Å². The molecule has 2 aromatic carbocycles. The summed E-state index contributed by atoms with van der Waals surface area (Å²) in [6, 6.07) is 7.85. The van der Waals surface area contributed by atoms with Gasteiger partial charge in [0.05, 0.1) is 32.0 Å². The molecule has 6 rings (SSSR count). The zero-order chi connectivity index (χ0) is 33.9. The Morgan fingerprint density at radius 3 is 2.52 bits per heavy atom. The summed E-state index contributed by atoms with van der Waals surface area (Å²) in [4.78, 5) is 3.05. The Bertz CT molecular complexity index is 1530. The number of phenols is 3. The molecule has 3 fully saturated rings. The molecular weight excluding hydrogens is 612 g/mol. The van der Waals surface area contributed by atoms with Crippen LogP contribution in [-0.4, -0.2) is 75.1 Å². The molecule has 0 spiro atoms. The Kier molecular flexibility index (Phi) is 10.9. The molecule has 1 aliphatic heterocycles. The monoisotopic (exact) mass is 664 g/mol. The molecule has 8 atom stereocenters. The highest BCUT2D eigenvalue weighted by atomic mass is 16.5. The molecule has 2 heterocycles. The van der Waals surface area contributed by atoms with Gasteiger partial charge in [0, 0.05) is 48.9 Å². The first-order chi connectivity index (χ1) is 23.3. The predicted octanol–water partition coefficient (Wildman–Crippen LogP) is 5.10. The third kappa shape index (κ3) is 6.78. The Morgan fingerprint density at radius 1 is 0.979 bits per heavy atom. The van der Waals surface area contributed by atoms with E-state index >= 15 is 0 Å². The quantitative estimate of drug-likeness (QED) is 0.130. The van der Waals surface area contributed by atoms with Gasteiger partial charge in [-0.05, 0) is 110 Å². The van der Waals surface area contributed by atoms with Crippen LogP contribution in [0, 0.1) is 17.8 Å². The number of aromatic amines is 1. The molecule has 1 aromatic heterocycles. The van der Waals surface area contributed by atoms with Crippen molar-refractivity contribution in [1.82, 2.24) is 10.3 Å². The largest absolute Gasteiger partial charge is 0.508 e. The Balaban J connectivity index is 1.29. The zero-order valence-corrected chi connectivity index (χ0v) is 28.1. The van der Waals surface area contributed by atoms with Gasteiger partial charge in [-0.3, -0.25) is 0 Å². The molecular formula is C38H52N2O8. The van der Waals surface area contributed by atoms with Crippen LogP contribution in [0.1, 0.15) is 103 Å². The van der Waals surface area contributed by atoms with Crippen LogP contribution in [0.25, 0.3) is 0 Å². The zero-order valence-electron chi connectivity index (χ0n) is 28.1. The third-order valence-corrected chi connectivity index (χ3v) is 11.6. The van der Waals surface area contributed by atoms with Crippen LogP contribution in [0.2, 0.25) is 0 Å². The van der Waals surface area contributed by atoms with Crippen molar-refractivity contribution >= 4 is 0 Å². The van der Waals surface area contributed by atoms with Gasteiger partial charge in [-0.1, -0.05) is 18.6 Å². The van der Waals surface area contributed by atoms with E-state index in [0.29, 0.717) is 29.9 Å². The lowest BCUT2D eigenvalue weighted by molar-refractivity contribution is -0.154. The van der Waals surface area contributed by atoms with Gasteiger partial charge in [0.2, 0.25) is 5.75 Å². The number of aliphatic hydroxyl groups is 3. The third-order valence-electron chi connectivity index (χ3n) is 11.6. The number of H-pyrrole nitrogens is 1. The number of rotatable bonds is 11. The van der Waals surface area contributed by atoms with Crippen molar-refractivity contribution in [1.29, 1.82) is 0 Å². The van der Waals surface area contributed by atoms with Gasteiger partial charge in [-0.15, -0.1) is 0 Å². The topological polar surface area (TPSA) is 168 Å². The van der Waals surface area contributed by atoms with Crippen LogP contribution in [0.4, 0.5) is 0 Å². The minimum atomic E-state index is -0.652. The highest BCUT2D eigenvalue weighted by Crippen LogP contribution is 2.53. The lowest BCUT2D eigenvalue weighted by atomic mass is 9.69. The van der Waals surface area contributed by atoms with Gasteiger partial charge in [-0.25, -0.2) is 0 Å². The fourth-order valence-corrected chi connectivity index (χ4v) is 8.99. The molecule has 8 N–H and O–H groups in total. The number of aromatic nitrogens is 1. The van der Waals surface area contributed by atoms with Crippen LogP contribution >= 0.6 is 0 Å². The SMILES string of the molecule is CNCC[C@@H]1CC[C@@H](CO)[C@@H](c2cc([C@@H]3CC[C@H]4[C@H](C3)O[C@H](c3c(CO)c(O)c(O)c(OC)c3Cc3cc[nH]c3)C[C@@H]4O)ccc2O)C1. The highest BCUT2D eigenvalue weighted by molar-refractivity contribution is 5.64. The first-order valence-electron chi connectivity index (χ1n) is 17.6. The number of nitrogens with one attached hydrogen (secondary N) is 2. The van der Waals surface area contributed by atoms with E-state index in [9.17, 15) is 30.6 Å². The molecule has 2 aliphatic carbocycles. The number of fused-ring (bicyclic) bond motifs is 1. The average molecular weight is 665 g/mol. The van der Waals surface area contributed by atoms with Gasteiger partial charge in [0.1, 0.15) is 5.75 Å². The number of hydrogen-bond donors (Lipinski definition) is 8. The molecule has 2 saturated carbocycles. The second-order valence-electron chi connectivity index (χ2n) is 14.2. The van der Waals surface area contributed by atoms with Crippen LogP contribution in [-0.2, 0) is 17.8 Å². The first-order valence-corrected chi connectivity index (χ1v) is 17.6. The normalized spacial score (nSPS) is 29.0. The lowest BCUT2D eigenvalue weighted by Crippen LogP contribution is -2.44. The van der Waals surface area contributed by atoms with E-state index in [0.717, 1.165) is 61.8 Å². The van der Waals surface area contributed by atoms with E-state index in [2.05, 4.69) is 16.4 Å². The number of benzene rings is 2. The summed E-state index contributed by atoms with van der Waals surface area (Å²) in [5, 5.41) is 68.3. The number of aromatic hydroxyl groups is 3. The molecule has 3 aliphatic rings. The number of phenolic OH excluding ortho intramolecular Hbond substituents is 2. The van der Waals surface area contributed by atoms with Crippen LogP contribution in [0.3, 0.4) is 0 Å². The summed E-state index contributed by atoms with van der Waals surface area (Å²) < 4.78 is 12.4. The molecule has 0 unspecified atom stereocenters. The average Bonchev–Trinajstić information content (AvgIpc) is 3.62. The van der Waals surface area contributed by atoms with Crippen molar-refractivity contribution in [2.45, 2.75) is 94.5 Å². The van der Waals surface area contributed by atoms with E-state index in [1.165, 1.54) is 7.11 Å². The van der Waals surface area contributed by atoms with Crippen molar-refractivity contribution in [2.24, 2.45) is 17.8 Å². The van der Waals surface area contributed by atoms with Gasteiger partial charge in [0.15, 0.2) is 11.5 Å². The summed E-state index contributed by atoms with van der Waals surface area (Å²) in [5.41, 5.74) is 4.28. The Hall–Kier alpha value is -3.28. The predicted molar refractivity (Wildman–Crippen MR) is 181 cm³/mol. The number of ether oxygens (including phenoxy) is 2. The summed E-state index contributed by atoms with van der Waals surface area (Å²) in [6.45, 7) is 0.537. The maximum Gasteiger partial charge on any atom is 0.201 e. The van der Waals surface area contributed by atoms with E-state index in [-0.39, 0.29) is 59.9 Å². The van der Waals surface area contributed by atoms with Crippen LogP contribution in [0.5, 0.6) is 23.0 Å². The summed E-state index contributed by atoms with van der Waals surface area (Å²) in [6.07, 6.45) is 9.09. The van der Waals surface area contributed by atoms with E-state index in [1.807, 2.05) is 25.4 Å². The number of methoxy groups -OCH3 is 1. The van der Waals surface area contributed by atoms with E-state index < -0.39 is 30.3 Å². The van der Waals surface area contributed by atoms with Crippen molar-refractivity contribution in [2.75, 3.05) is 27.3 Å². The van der Waals surface area contributed by atoms with Crippen LogP contribution in [0.15, 0.2) is 36.7 Å². The molecule has 10 nitrogen and oxygen atoms in total. The van der Waals surface area contributed by atoms with Gasteiger partial charge >= 0.3 is 0 Å². The van der Waals surface area contributed by atoms with Gasteiger partial charge < -0.3 is 50.4 Å². The fourth-order valence-electron chi connectivity index (χ4n) is 8.99. The molecule has 0 amide bonds. The Labute approximate surface area is 282 Å². The molecule has 1 saturated heterocycles. The Morgan fingerprint density at radius 2 is 1.81 bits per heavy atom. The smallest absolute Gasteiger partial charge is 0.201 e. The van der Waals surface area contributed by atoms with Gasteiger partial charge in [-0.2, -0.15) is 0 Å². The molecule has 48 heavy (non-hydrogen) atoms. The second-order valence-corrected chi connectivity index (χ2v) is 14.2. The lowest BCUT2D eigenvalue weighted by Gasteiger charge is -2.46. The molecule has 0 bridgehead atoms. The van der Waals surface area contributed by atoms with Crippen LogP contribution < -0.4 is 10.1 Å². The number of hydrogen-bond acceptors (Lipinski definition) is 9. The second kappa shape index (κ2) is 15.1. The van der Waals surface area contributed by atoms with E-state index in [1.54, 1.807) is 12.3 Å². The minimum Gasteiger partial charge on any atom is -0.508 e. The number of aliphatic hydroxyl groups excluding tert-OH is 3. The molecule has 3 aromatic rings. The molecule has 10 heteroatoms. The summed E-state index contributed by atoms with van der Waals surface area (Å²) in [5.74, 6) is 0.361. The highest BCUT2D eigenvalue weighted by Gasteiger charge is 2.44. The van der Waals surface area contributed by atoms with Crippen molar-refractivity contribution < 1.29 is 40.1 Å². The first kappa shape index (κ1) is 34.6. The fraction of sp³-hybridized carbons (Fsp3) is 0.579. The van der Waals surface area contributed by atoms with Crippen molar-refractivity contribution in [3.05, 3.63) is 70.0 Å². The van der Waals surface area contributed by atoms with E-state index in [4.69, 9.17) is 9.47 Å². The maximum atomic E-state index is 11.5. The molecule has 262 valence electrons. The summed E-state index contributed by atoms with van der Waals surface area (Å²) >= 11 is 0.